The van der Waals surface area contributed by atoms with Crippen LogP contribution in [-0.4, -0.2) is 54.2 Å². The highest BCUT2D eigenvalue weighted by atomic mass is 32.1. The SMILES string of the molecule is CN(C(N)=S)C1CCN(CCCCOc2ccc(F)c(F)c2)CC1. The molecule has 0 aromatic heterocycles. The monoisotopic (exact) mass is 357 g/mol. The third-order valence-corrected chi connectivity index (χ3v) is 4.77. The van der Waals surface area contributed by atoms with E-state index in [4.69, 9.17) is 22.7 Å². The first-order chi connectivity index (χ1) is 11.5. The average molecular weight is 357 g/mol. The molecule has 0 spiro atoms. The van der Waals surface area contributed by atoms with Gasteiger partial charge in [0, 0.05) is 32.2 Å². The lowest BCUT2D eigenvalue weighted by Gasteiger charge is -2.37. The predicted octanol–water partition coefficient (Wildman–Crippen LogP) is 2.76. The van der Waals surface area contributed by atoms with Gasteiger partial charge >= 0.3 is 0 Å². The maximum absolute atomic E-state index is 13.1. The van der Waals surface area contributed by atoms with Gasteiger partial charge < -0.3 is 20.3 Å². The molecule has 0 aliphatic carbocycles. The van der Waals surface area contributed by atoms with Crippen LogP contribution in [0.25, 0.3) is 0 Å². The van der Waals surface area contributed by atoms with Crippen molar-refractivity contribution in [2.45, 2.75) is 31.7 Å². The quantitative estimate of drug-likeness (QED) is 0.600. The zero-order valence-corrected chi connectivity index (χ0v) is 14.8. The molecule has 24 heavy (non-hydrogen) atoms. The van der Waals surface area contributed by atoms with E-state index in [0.29, 0.717) is 23.5 Å². The maximum atomic E-state index is 13.1. The van der Waals surface area contributed by atoms with Crippen molar-refractivity contribution in [1.82, 2.24) is 9.80 Å². The van der Waals surface area contributed by atoms with Crippen molar-refractivity contribution < 1.29 is 13.5 Å². The number of unbranched alkanes of at least 4 members (excludes halogenated alkanes) is 1. The van der Waals surface area contributed by atoms with Gasteiger partial charge in [0.25, 0.3) is 0 Å². The van der Waals surface area contributed by atoms with E-state index in [2.05, 4.69) is 4.90 Å². The molecule has 1 aliphatic rings. The molecule has 0 unspecified atom stereocenters. The molecular formula is C17H25F2N3OS. The molecule has 2 N–H and O–H groups in total. The van der Waals surface area contributed by atoms with Crippen LogP contribution in [0.3, 0.4) is 0 Å². The molecule has 0 saturated carbocycles. The highest BCUT2D eigenvalue weighted by Crippen LogP contribution is 2.17. The summed E-state index contributed by atoms with van der Waals surface area (Å²) in [6.45, 7) is 3.61. The molecule has 0 radical (unpaired) electrons. The van der Waals surface area contributed by atoms with Crippen LogP contribution in [0.4, 0.5) is 8.78 Å². The minimum Gasteiger partial charge on any atom is -0.493 e. The summed E-state index contributed by atoms with van der Waals surface area (Å²) >= 11 is 5.01. The summed E-state index contributed by atoms with van der Waals surface area (Å²) in [7, 11) is 1.96. The van der Waals surface area contributed by atoms with Crippen LogP contribution < -0.4 is 10.5 Å². The smallest absolute Gasteiger partial charge is 0.166 e. The van der Waals surface area contributed by atoms with Gasteiger partial charge in [0.05, 0.1) is 6.61 Å². The van der Waals surface area contributed by atoms with Crippen molar-refractivity contribution in [3.8, 4) is 5.75 Å². The van der Waals surface area contributed by atoms with Gasteiger partial charge in [-0.1, -0.05) is 0 Å². The van der Waals surface area contributed by atoms with Crippen molar-refractivity contribution >= 4 is 17.3 Å². The summed E-state index contributed by atoms with van der Waals surface area (Å²) in [6, 6.07) is 4.05. The van der Waals surface area contributed by atoms with Gasteiger partial charge in [0.1, 0.15) is 5.75 Å². The molecule has 1 heterocycles. The first-order valence-corrected chi connectivity index (χ1v) is 8.70. The molecule has 1 aliphatic heterocycles. The topological polar surface area (TPSA) is 41.7 Å². The molecule has 134 valence electrons. The lowest BCUT2D eigenvalue weighted by atomic mass is 10.0. The molecule has 0 amide bonds. The number of piperidine rings is 1. The second-order valence-electron chi connectivity index (χ2n) is 6.15. The van der Waals surface area contributed by atoms with Gasteiger partial charge in [-0.25, -0.2) is 8.78 Å². The fourth-order valence-electron chi connectivity index (χ4n) is 2.90. The van der Waals surface area contributed by atoms with E-state index >= 15 is 0 Å². The van der Waals surface area contributed by atoms with Crippen LogP contribution >= 0.6 is 12.2 Å². The molecule has 2 rings (SSSR count). The summed E-state index contributed by atoms with van der Waals surface area (Å²) in [5.41, 5.74) is 5.67. The first kappa shape index (κ1) is 18.9. The lowest BCUT2D eigenvalue weighted by molar-refractivity contribution is 0.161. The predicted molar refractivity (Wildman–Crippen MR) is 95.1 cm³/mol. The number of thiocarbonyl (C=S) groups is 1. The van der Waals surface area contributed by atoms with Gasteiger partial charge in [-0.05, 0) is 56.6 Å². The van der Waals surface area contributed by atoms with Crippen LogP contribution in [0, 0.1) is 11.6 Å². The van der Waals surface area contributed by atoms with Crippen LogP contribution in [0.2, 0.25) is 0 Å². The molecule has 1 fully saturated rings. The van der Waals surface area contributed by atoms with Crippen LogP contribution in [0.15, 0.2) is 18.2 Å². The number of likely N-dealkylation sites (tertiary alicyclic amines) is 1. The van der Waals surface area contributed by atoms with Crippen molar-refractivity contribution in [2.75, 3.05) is 33.3 Å². The Kier molecular flexibility index (Phi) is 7.17. The largest absolute Gasteiger partial charge is 0.493 e. The highest BCUT2D eigenvalue weighted by Gasteiger charge is 2.22. The second-order valence-corrected chi connectivity index (χ2v) is 6.57. The normalized spacial score (nSPS) is 16.1. The van der Waals surface area contributed by atoms with Crippen LogP contribution in [-0.2, 0) is 0 Å². The summed E-state index contributed by atoms with van der Waals surface area (Å²) < 4.78 is 31.3. The number of benzene rings is 1. The summed E-state index contributed by atoms with van der Waals surface area (Å²) in [5, 5.41) is 0.461. The number of hydrogen-bond donors (Lipinski definition) is 1. The van der Waals surface area contributed by atoms with E-state index in [1.807, 2.05) is 11.9 Å². The van der Waals surface area contributed by atoms with Crippen LogP contribution in [0.1, 0.15) is 25.7 Å². The summed E-state index contributed by atoms with van der Waals surface area (Å²) in [6.07, 6.45) is 4.03. The van der Waals surface area contributed by atoms with Gasteiger partial charge in [-0.2, -0.15) is 0 Å². The van der Waals surface area contributed by atoms with E-state index < -0.39 is 11.6 Å². The standard InChI is InChI=1S/C17H25F2N3OS/c1-21(17(20)24)13-6-9-22(10-7-13)8-2-3-11-23-14-4-5-15(18)16(19)12-14/h4-5,12-13H,2-3,6-11H2,1H3,(H2,20,24). The number of nitrogens with zero attached hydrogens (tertiary/aromatic N) is 2. The number of halogens is 2. The molecule has 0 atom stereocenters. The minimum absolute atomic E-state index is 0.371. The first-order valence-electron chi connectivity index (χ1n) is 8.30. The van der Waals surface area contributed by atoms with Crippen molar-refractivity contribution in [2.24, 2.45) is 5.73 Å². The molecule has 7 heteroatoms. The van der Waals surface area contributed by atoms with E-state index in [1.165, 1.54) is 6.07 Å². The molecule has 1 aromatic carbocycles. The number of hydrogen-bond acceptors (Lipinski definition) is 3. The van der Waals surface area contributed by atoms with E-state index in [-0.39, 0.29) is 0 Å². The zero-order valence-electron chi connectivity index (χ0n) is 14.0. The average Bonchev–Trinajstić information content (AvgIpc) is 2.57. The second kappa shape index (κ2) is 9.13. The van der Waals surface area contributed by atoms with Crippen molar-refractivity contribution in [1.29, 1.82) is 0 Å². The van der Waals surface area contributed by atoms with Crippen LogP contribution in [0.5, 0.6) is 5.75 Å². The maximum Gasteiger partial charge on any atom is 0.166 e. The van der Waals surface area contributed by atoms with E-state index in [0.717, 1.165) is 57.5 Å². The Labute approximate surface area is 147 Å². The Morgan fingerprint density at radius 2 is 2.00 bits per heavy atom. The van der Waals surface area contributed by atoms with Crippen molar-refractivity contribution in [3.05, 3.63) is 29.8 Å². The molecule has 4 nitrogen and oxygen atoms in total. The third kappa shape index (κ3) is 5.56. The minimum atomic E-state index is -0.878. The lowest BCUT2D eigenvalue weighted by Crippen LogP contribution is -2.47. The Balaban J connectivity index is 1.58. The van der Waals surface area contributed by atoms with Crippen molar-refractivity contribution in [3.63, 3.8) is 0 Å². The summed E-state index contributed by atoms with van der Waals surface area (Å²) in [5.74, 6) is -1.36. The Morgan fingerprint density at radius 3 is 2.62 bits per heavy atom. The Hall–Kier alpha value is -1.47. The number of rotatable bonds is 7. The summed E-state index contributed by atoms with van der Waals surface area (Å²) in [4.78, 5) is 4.42. The highest BCUT2D eigenvalue weighted by molar-refractivity contribution is 7.80. The number of nitrogens with two attached hydrogens (primary N) is 1. The molecule has 1 aromatic rings. The van der Waals surface area contributed by atoms with E-state index in [9.17, 15) is 8.78 Å². The fourth-order valence-corrected chi connectivity index (χ4v) is 3.05. The zero-order chi connectivity index (χ0) is 17.5. The fraction of sp³-hybridized carbons (Fsp3) is 0.588. The van der Waals surface area contributed by atoms with Gasteiger partial charge in [-0.15, -0.1) is 0 Å². The van der Waals surface area contributed by atoms with Gasteiger partial charge in [0.2, 0.25) is 0 Å². The Morgan fingerprint density at radius 1 is 1.29 bits per heavy atom. The molecular weight excluding hydrogens is 332 g/mol. The van der Waals surface area contributed by atoms with Gasteiger partial charge in [0.15, 0.2) is 16.7 Å². The Bertz CT molecular complexity index is 551. The number of ether oxygens (including phenoxy) is 1. The van der Waals surface area contributed by atoms with Gasteiger partial charge in [-0.3, -0.25) is 0 Å². The van der Waals surface area contributed by atoms with E-state index in [1.54, 1.807) is 0 Å². The molecule has 1 saturated heterocycles. The third-order valence-electron chi connectivity index (χ3n) is 4.48. The molecule has 0 bridgehead atoms.